The molecule has 0 aliphatic heterocycles. The number of phenolic OH excluding ortho intramolecular Hbond substituents is 1. The lowest BCUT2D eigenvalue weighted by Gasteiger charge is -2.08. The highest BCUT2D eigenvalue weighted by molar-refractivity contribution is 5.95. The van der Waals surface area contributed by atoms with Gasteiger partial charge in [-0.25, -0.2) is 0 Å². The predicted octanol–water partition coefficient (Wildman–Crippen LogP) is 3.96. The third-order valence-electron chi connectivity index (χ3n) is 3.31. The maximum Gasteiger partial charge on any atom is 0.418 e. The molecule has 0 bridgehead atoms. The molecule has 0 aliphatic carbocycles. The largest absolute Gasteiger partial charge is 0.508 e. The quantitative estimate of drug-likeness (QED) is 0.737. The molecule has 0 radical (unpaired) electrons. The minimum atomic E-state index is -4.43. The van der Waals surface area contributed by atoms with E-state index in [2.05, 4.69) is 5.10 Å². The van der Waals surface area contributed by atoms with Gasteiger partial charge in [0.2, 0.25) is 0 Å². The molecule has 0 amide bonds. The molecular weight excluding hydrogens is 281 g/mol. The number of hydrogen-bond acceptors (Lipinski definition) is 2. The number of aromatic hydroxyl groups is 1. The third-order valence-corrected chi connectivity index (χ3v) is 3.31. The Morgan fingerprint density at radius 2 is 1.71 bits per heavy atom. The number of phenols is 1. The predicted molar refractivity (Wildman–Crippen MR) is 72.8 cm³/mol. The Bertz CT molecular complexity index is 804. The molecular formula is C15H11F3N2O. The van der Waals surface area contributed by atoms with E-state index in [1.807, 2.05) is 0 Å². The highest BCUT2D eigenvalue weighted by Crippen LogP contribution is 2.37. The minimum Gasteiger partial charge on any atom is -0.508 e. The normalized spacial score (nSPS) is 12.0. The van der Waals surface area contributed by atoms with Crippen LogP contribution in [0.25, 0.3) is 22.2 Å². The van der Waals surface area contributed by atoms with Gasteiger partial charge < -0.3 is 5.11 Å². The van der Waals surface area contributed by atoms with Crippen molar-refractivity contribution in [2.24, 2.45) is 7.05 Å². The number of aryl methyl sites for hydroxylation is 1. The van der Waals surface area contributed by atoms with Gasteiger partial charge in [-0.3, -0.25) is 4.68 Å². The zero-order valence-corrected chi connectivity index (χ0v) is 11.0. The number of benzene rings is 2. The topological polar surface area (TPSA) is 38.0 Å². The van der Waals surface area contributed by atoms with Gasteiger partial charge in [0.05, 0.1) is 11.1 Å². The van der Waals surface area contributed by atoms with E-state index >= 15 is 0 Å². The standard InChI is InChI=1S/C15H11F3N2O/c1-20-14-11(3-2-4-12(14)15(16,17)18)13(19-20)9-5-7-10(21)8-6-9/h2-8,21H,1H3. The SMILES string of the molecule is Cn1nc(-c2ccc(O)cc2)c2cccc(C(F)(F)F)c21. The number of nitrogens with zero attached hydrogens (tertiary/aromatic N) is 2. The van der Waals surface area contributed by atoms with E-state index in [-0.39, 0.29) is 11.3 Å². The average molecular weight is 292 g/mol. The number of alkyl halides is 3. The molecule has 0 saturated carbocycles. The Balaban J connectivity index is 2.30. The van der Waals surface area contributed by atoms with Crippen LogP contribution in [0.5, 0.6) is 5.75 Å². The van der Waals surface area contributed by atoms with Crippen LogP contribution in [-0.2, 0) is 13.2 Å². The van der Waals surface area contributed by atoms with Crippen molar-refractivity contribution in [2.45, 2.75) is 6.18 Å². The van der Waals surface area contributed by atoms with Gasteiger partial charge in [0.25, 0.3) is 0 Å². The van der Waals surface area contributed by atoms with Crippen LogP contribution >= 0.6 is 0 Å². The molecule has 0 spiro atoms. The van der Waals surface area contributed by atoms with Crippen molar-refractivity contribution in [3.63, 3.8) is 0 Å². The number of rotatable bonds is 1. The lowest BCUT2D eigenvalue weighted by atomic mass is 10.0. The Morgan fingerprint density at radius 1 is 1.05 bits per heavy atom. The van der Waals surface area contributed by atoms with E-state index in [0.29, 0.717) is 16.6 Å². The first-order chi connectivity index (χ1) is 9.88. The van der Waals surface area contributed by atoms with Gasteiger partial charge in [-0.05, 0) is 30.3 Å². The summed E-state index contributed by atoms with van der Waals surface area (Å²) in [6.45, 7) is 0. The maximum absolute atomic E-state index is 13.1. The second-order valence-corrected chi connectivity index (χ2v) is 4.72. The number of fused-ring (bicyclic) bond motifs is 1. The summed E-state index contributed by atoms with van der Waals surface area (Å²) in [4.78, 5) is 0. The van der Waals surface area contributed by atoms with Crippen molar-refractivity contribution >= 4 is 10.9 Å². The summed E-state index contributed by atoms with van der Waals surface area (Å²) in [6.07, 6.45) is -4.43. The highest BCUT2D eigenvalue weighted by Gasteiger charge is 2.34. The van der Waals surface area contributed by atoms with E-state index in [1.54, 1.807) is 18.2 Å². The average Bonchev–Trinajstić information content (AvgIpc) is 2.76. The molecule has 1 N–H and O–H groups in total. The molecule has 0 unspecified atom stereocenters. The number of para-hydroxylation sites is 1. The zero-order chi connectivity index (χ0) is 15.2. The van der Waals surface area contributed by atoms with Crippen LogP contribution in [0.4, 0.5) is 13.2 Å². The molecule has 3 aromatic rings. The molecule has 1 aromatic heterocycles. The molecule has 1 heterocycles. The van der Waals surface area contributed by atoms with Crippen LogP contribution in [0.15, 0.2) is 42.5 Å². The molecule has 21 heavy (non-hydrogen) atoms. The second-order valence-electron chi connectivity index (χ2n) is 4.72. The lowest BCUT2D eigenvalue weighted by molar-refractivity contribution is -0.136. The summed E-state index contributed by atoms with van der Waals surface area (Å²) in [5, 5.41) is 13.9. The van der Waals surface area contributed by atoms with E-state index in [4.69, 9.17) is 0 Å². The first kappa shape index (κ1) is 13.5. The van der Waals surface area contributed by atoms with Crippen LogP contribution in [0.2, 0.25) is 0 Å². The Hall–Kier alpha value is -2.50. The summed E-state index contributed by atoms with van der Waals surface area (Å²) in [5.74, 6) is 0.0926. The van der Waals surface area contributed by atoms with Gasteiger partial charge in [-0.2, -0.15) is 18.3 Å². The fraction of sp³-hybridized carbons (Fsp3) is 0.133. The van der Waals surface area contributed by atoms with Crippen molar-refractivity contribution in [2.75, 3.05) is 0 Å². The van der Waals surface area contributed by atoms with Gasteiger partial charge in [-0.15, -0.1) is 0 Å². The van der Waals surface area contributed by atoms with Crippen LogP contribution in [-0.4, -0.2) is 14.9 Å². The first-order valence-corrected chi connectivity index (χ1v) is 6.20. The summed E-state index contributed by atoms with van der Waals surface area (Å²) in [6, 6.07) is 10.2. The van der Waals surface area contributed by atoms with Gasteiger partial charge in [0, 0.05) is 18.0 Å². The van der Waals surface area contributed by atoms with E-state index < -0.39 is 11.7 Å². The summed E-state index contributed by atoms with van der Waals surface area (Å²) in [7, 11) is 1.49. The molecule has 0 saturated heterocycles. The fourth-order valence-electron chi connectivity index (χ4n) is 2.40. The van der Waals surface area contributed by atoms with Crippen molar-refractivity contribution in [3.05, 3.63) is 48.0 Å². The van der Waals surface area contributed by atoms with Gasteiger partial charge in [0.15, 0.2) is 0 Å². The van der Waals surface area contributed by atoms with E-state index in [0.717, 1.165) is 6.07 Å². The molecule has 6 heteroatoms. The van der Waals surface area contributed by atoms with Gasteiger partial charge in [0.1, 0.15) is 11.4 Å². The molecule has 108 valence electrons. The van der Waals surface area contributed by atoms with E-state index in [9.17, 15) is 18.3 Å². The zero-order valence-electron chi connectivity index (χ0n) is 11.0. The van der Waals surface area contributed by atoms with Gasteiger partial charge >= 0.3 is 6.18 Å². The second kappa shape index (κ2) is 4.51. The van der Waals surface area contributed by atoms with Crippen LogP contribution in [0, 0.1) is 0 Å². The van der Waals surface area contributed by atoms with Crippen LogP contribution < -0.4 is 0 Å². The molecule has 0 aliphatic rings. The van der Waals surface area contributed by atoms with E-state index in [1.165, 1.54) is 29.9 Å². The molecule has 0 fully saturated rings. The van der Waals surface area contributed by atoms with Crippen molar-refractivity contribution in [1.29, 1.82) is 0 Å². The van der Waals surface area contributed by atoms with Crippen LogP contribution in [0.1, 0.15) is 5.56 Å². The monoisotopic (exact) mass is 292 g/mol. The first-order valence-electron chi connectivity index (χ1n) is 6.20. The van der Waals surface area contributed by atoms with Crippen LogP contribution in [0.3, 0.4) is 0 Å². The number of aromatic nitrogens is 2. The minimum absolute atomic E-state index is 0.0491. The number of hydrogen-bond donors (Lipinski definition) is 1. The molecule has 3 rings (SSSR count). The van der Waals surface area contributed by atoms with Crippen molar-refractivity contribution < 1.29 is 18.3 Å². The lowest BCUT2D eigenvalue weighted by Crippen LogP contribution is -2.07. The van der Waals surface area contributed by atoms with Crippen molar-refractivity contribution in [1.82, 2.24) is 9.78 Å². The van der Waals surface area contributed by atoms with Crippen molar-refractivity contribution in [3.8, 4) is 17.0 Å². The molecule has 3 nitrogen and oxygen atoms in total. The Kier molecular flexibility index (Phi) is 2.90. The third kappa shape index (κ3) is 2.22. The fourth-order valence-corrected chi connectivity index (χ4v) is 2.40. The maximum atomic E-state index is 13.1. The van der Waals surface area contributed by atoms with Gasteiger partial charge in [-0.1, -0.05) is 12.1 Å². The summed E-state index contributed by atoms with van der Waals surface area (Å²) in [5.41, 5.74) is 0.449. The highest BCUT2D eigenvalue weighted by atomic mass is 19.4. The summed E-state index contributed by atoms with van der Waals surface area (Å²) < 4.78 is 40.5. The Morgan fingerprint density at radius 3 is 2.33 bits per heavy atom. The molecule has 0 atom stereocenters. The smallest absolute Gasteiger partial charge is 0.418 e. The Labute approximate surface area is 118 Å². The summed E-state index contributed by atoms with van der Waals surface area (Å²) >= 11 is 0. The molecule has 2 aromatic carbocycles. The number of halogens is 3.